The molecular weight excluding hydrogens is 263 g/mol. The van der Waals surface area contributed by atoms with Crippen molar-refractivity contribution in [3.63, 3.8) is 0 Å². The lowest BCUT2D eigenvalue weighted by Gasteiger charge is -2.02. The molecule has 3 N–H and O–H groups in total. The maximum atomic E-state index is 12.9. The zero-order valence-electron chi connectivity index (χ0n) is 8.78. The van der Waals surface area contributed by atoms with E-state index in [1.54, 1.807) is 6.07 Å². The number of nitrogens with one attached hydrogen (secondary N) is 1. The number of hydrogen-bond donors (Lipinski definition) is 2. The van der Waals surface area contributed by atoms with Gasteiger partial charge in [0, 0.05) is 12.1 Å². The quantitative estimate of drug-likeness (QED) is 0.898. The minimum Gasteiger partial charge on any atom is -0.330 e. The van der Waals surface area contributed by atoms with E-state index in [1.165, 1.54) is 23.5 Å². The normalized spacial score (nSPS) is 10.5. The zero-order valence-corrected chi connectivity index (χ0v) is 10.4. The van der Waals surface area contributed by atoms with E-state index < -0.39 is 5.82 Å². The molecule has 0 spiro atoms. The largest absolute Gasteiger partial charge is 0.330 e. The summed E-state index contributed by atoms with van der Waals surface area (Å²) in [4.78, 5) is 0. The maximum absolute atomic E-state index is 12.9. The van der Waals surface area contributed by atoms with Crippen LogP contribution in [0.1, 0.15) is 5.01 Å². The van der Waals surface area contributed by atoms with Crippen molar-refractivity contribution >= 4 is 33.8 Å². The van der Waals surface area contributed by atoms with Gasteiger partial charge in [0.1, 0.15) is 10.8 Å². The number of nitrogens with zero attached hydrogens (tertiary/aromatic N) is 2. The van der Waals surface area contributed by atoms with Crippen LogP contribution in [0.15, 0.2) is 18.2 Å². The fraction of sp³-hybridized carbons (Fsp3) is 0.200. The number of aromatic nitrogens is 2. The summed E-state index contributed by atoms with van der Waals surface area (Å²) in [5.41, 5.74) is 6.09. The number of rotatable bonds is 4. The Balaban J connectivity index is 2.11. The molecule has 7 heteroatoms. The number of benzene rings is 1. The summed E-state index contributed by atoms with van der Waals surface area (Å²) in [5, 5.41) is 12.5. The van der Waals surface area contributed by atoms with Crippen LogP contribution in [0.25, 0.3) is 0 Å². The SMILES string of the molecule is NCCc1nnc(Nc2ccc(F)c(Cl)c2)s1. The van der Waals surface area contributed by atoms with Crippen molar-refractivity contribution in [3.8, 4) is 0 Å². The van der Waals surface area contributed by atoms with Gasteiger partial charge in [-0.15, -0.1) is 10.2 Å². The first-order chi connectivity index (χ1) is 8.19. The highest BCUT2D eigenvalue weighted by Gasteiger charge is 2.05. The highest BCUT2D eigenvalue weighted by Crippen LogP contribution is 2.24. The van der Waals surface area contributed by atoms with Crippen LogP contribution in [-0.2, 0) is 6.42 Å². The molecule has 2 aromatic rings. The van der Waals surface area contributed by atoms with E-state index >= 15 is 0 Å². The third-order valence-corrected chi connectivity index (χ3v) is 3.18. The summed E-state index contributed by atoms with van der Waals surface area (Å²) in [6, 6.07) is 4.39. The molecule has 0 amide bonds. The van der Waals surface area contributed by atoms with E-state index in [4.69, 9.17) is 17.3 Å². The van der Waals surface area contributed by atoms with Crippen LogP contribution in [0.4, 0.5) is 15.2 Å². The number of hydrogen-bond acceptors (Lipinski definition) is 5. The van der Waals surface area contributed by atoms with E-state index in [2.05, 4.69) is 15.5 Å². The van der Waals surface area contributed by atoms with E-state index in [0.717, 1.165) is 5.01 Å². The van der Waals surface area contributed by atoms with Gasteiger partial charge in [-0.2, -0.15) is 0 Å². The monoisotopic (exact) mass is 272 g/mol. The second-order valence-electron chi connectivity index (χ2n) is 3.29. The summed E-state index contributed by atoms with van der Waals surface area (Å²) < 4.78 is 12.9. The summed E-state index contributed by atoms with van der Waals surface area (Å²) in [6.45, 7) is 0.539. The molecular formula is C10H10ClFN4S. The number of halogens is 2. The smallest absolute Gasteiger partial charge is 0.210 e. The van der Waals surface area contributed by atoms with Crippen LogP contribution in [0.5, 0.6) is 0 Å². The first-order valence-electron chi connectivity index (χ1n) is 4.93. The minimum atomic E-state index is -0.446. The zero-order chi connectivity index (χ0) is 12.3. The first kappa shape index (κ1) is 12.2. The summed E-state index contributed by atoms with van der Waals surface area (Å²) >= 11 is 7.08. The van der Waals surface area contributed by atoms with Crippen LogP contribution >= 0.6 is 22.9 Å². The molecule has 0 atom stereocenters. The molecule has 0 aliphatic rings. The van der Waals surface area contributed by atoms with Crippen molar-refractivity contribution in [3.05, 3.63) is 34.0 Å². The standard InChI is InChI=1S/C10H10ClFN4S/c11-7-5-6(1-2-8(7)12)14-10-16-15-9(17-10)3-4-13/h1-2,5H,3-4,13H2,(H,14,16). The van der Waals surface area contributed by atoms with Crippen molar-refractivity contribution in [2.24, 2.45) is 5.73 Å². The Labute approximate surface area is 107 Å². The Morgan fingerprint density at radius 2 is 2.24 bits per heavy atom. The molecule has 2 rings (SSSR count). The third-order valence-electron chi connectivity index (χ3n) is 2.00. The average molecular weight is 273 g/mol. The van der Waals surface area contributed by atoms with Gasteiger partial charge in [0.15, 0.2) is 0 Å². The minimum absolute atomic E-state index is 0.0710. The van der Waals surface area contributed by atoms with Crippen molar-refractivity contribution in [2.45, 2.75) is 6.42 Å². The van der Waals surface area contributed by atoms with Gasteiger partial charge in [0.25, 0.3) is 0 Å². The molecule has 1 aromatic heterocycles. The molecule has 1 aromatic carbocycles. The lowest BCUT2D eigenvalue weighted by atomic mass is 10.3. The van der Waals surface area contributed by atoms with Gasteiger partial charge in [-0.1, -0.05) is 22.9 Å². The van der Waals surface area contributed by atoms with Gasteiger partial charge in [-0.25, -0.2) is 4.39 Å². The summed E-state index contributed by atoms with van der Waals surface area (Å²) in [6.07, 6.45) is 0.698. The first-order valence-corrected chi connectivity index (χ1v) is 6.13. The molecule has 0 aliphatic heterocycles. The van der Waals surface area contributed by atoms with Gasteiger partial charge >= 0.3 is 0 Å². The van der Waals surface area contributed by atoms with Crippen molar-refractivity contribution in [2.75, 3.05) is 11.9 Å². The molecule has 1 heterocycles. The lowest BCUT2D eigenvalue weighted by molar-refractivity contribution is 0.628. The van der Waals surface area contributed by atoms with Crippen LogP contribution in [0.2, 0.25) is 5.02 Å². The van der Waals surface area contributed by atoms with Gasteiger partial charge in [-0.3, -0.25) is 0 Å². The van der Waals surface area contributed by atoms with E-state index in [0.29, 0.717) is 23.8 Å². The molecule has 0 saturated heterocycles. The molecule has 0 saturated carbocycles. The van der Waals surface area contributed by atoms with Crippen LogP contribution in [0.3, 0.4) is 0 Å². The molecule has 0 bridgehead atoms. The van der Waals surface area contributed by atoms with E-state index in [1.807, 2.05) is 0 Å². The van der Waals surface area contributed by atoms with E-state index in [9.17, 15) is 4.39 Å². The fourth-order valence-electron chi connectivity index (χ4n) is 1.23. The maximum Gasteiger partial charge on any atom is 0.210 e. The van der Waals surface area contributed by atoms with Gasteiger partial charge < -0.3 is 11.1 Å². The molecule has 17 heavy (non-hydrogen) atoms. The topological polar surface area (TPSA) is 63.8 Å². The summed E-state index contributed by atoms with van der Waals surface area (Å²) in [7, 11) is 0. The number of anilines is 2. The van der Waals surface area contributed by atoms with Crippen LogP contribution < -0.4 is 11.1 Å². The highest BCUT2D eigenvalue weighted by atomic mass is 35.5. The molecule has 0 unspecified atom stereocenters. The Kier molecular flexibility index (Phi) is 3.88. The fourth-order valence-corrected chi connectivity index (χ4v) is 2.18. The van der Waals surface area contributed by atoms with E-state index in [-0.39, 0.29) is 5.02 Å². The second kappa shape index (κ2) is 5.39. The Morgan fingerprint density at radius 3 is 2.94 bits per heavy atom. The molecule has 4 nitrogen and oxygen atoms in total. The third kappa shape index (κ3) is 3.12. The van der Waals surface area contributed by atoms with Gasteiger partial charge in [0.2, 0.25) is 5.13 Å². The number of nitrogens with two attached hydrogens (primary N) is 1. The lowest BCUT2D eigenvalue weighted by Crippen LogP contribution is -2.01. The van der Waals surface area contributed by atoms with Crippen LogP contribution in [-0.4, -0.2) is 16.7 Å². The van der Waals surface area contributed by atoms with Crippen LogP contribution in [0, 0.1) is 5.82 Å². The average Bonchev–Trinajstić information content (AvgIpc) is 2.72. The predicted octanol–water partition coefficient (Wildman–Crippen LogP) is 2.58. The molecule has 0 radical (unpaired) electrons. The van der Waals surface area contributed by atoms with Crippen molar-refractivity contribution < 1.29 is 4.39 Å². The van der Waals surface area contributed by atoms with Gasteiger partial charge in [0.05, 0.1) is 5.02 Å². The summed E-state index contributed by atoms with van der Waals surface area (Å²) in [5.74, 6) is -0.446. The second-order valence-corrected chi connectivity index (χ2v) is 4.76. The Morgan fingerprint density at radius 1 is 1.41 bits per heavy atom. The predicted molar refractivity (Wildman–Crippen MR) is 67.4 cm³/mol. The highest BCUT2D eigenvalue weighted by molar-refractivity contribution is 7.15. The Hall–Kier alpha value is -1.24. The molecule has 0 aliphatic carbocycles. The van der Waals surface area contributed by atoms with Crippen molar-refractivity contribution in [1.29, 1.82) is 0 Å². The molecule has 0 fully saturated rings. The van der Waals surface area contributed by atoms with Crippen molar-refractivity contribution in [1.82, 2.24) is 10.2 Å². The van der Waals surface area contributed by atoms with Gasteiger partial charge in [-0.05, 0) is 24.7 Å². The Bertz CT molecular complexity index is 517. The molecule has 90 valence electrons.